The van der Waals surface area contributed by atoms with Gasteiger partial charge >= 0.3 is 5.97 Å². The third kappa shape index (κ3) is 4.18. The molecule has 2 aromatic heterocycles. The zero-order valence-corrected chi connectivity index (χ0v) is 17.7. The molecule has 0 saturated heterocycles. The minimum atomic E-state index is -0.635. The molecule has 3 aromatic rings. The minimum Gasteiger partial charge on any atom is -0.456 e. The Bertz CT molecular complexity index is 1140. The molecule has 7 nitrogen and oxygen atoms in total. The summed E-state index contributed by atoms with van der Waals surface area (Å²) in [5.41, 5.74) is 4.70. The van der Waals surface area contributed by atoms with E-state index in [0.717, 1.165) is 28.2 Å². The maximum Gasteiger partial charge on any atom is 0.341 e. The number of H-pyrrole nitrogens is 1. The summed E-state index contributed by atoms with van der Waals surface area (Å²) in [5.74, 6) is -0.403. The van der Waals surface area contributed by atoms with Crippen molar-refractivity contribution in [1.29, 1.82) is 5.26 Å². The van der Waals surface area contributed by atoms with Gasteiger partial charge in [-0.05, 0) is 58.4 Å². The van der Waals surface area contributed by atoms with Crippen LogP contribution in [-0.4, -0.2) is 32.6 Å². The van der Waals surface area contributed by atoms with Gasteiger partial charge in [-0.2, -0.15) is 10.4 Å². The smallest absolute Gasteiger partial charge is 0.341 e. The normalized spacial score (nSPS) is 11.2. The number of esters is 1. The molecule has 0 atom stereocenters. The summed E-state index contributed by atoms with van der Waals surface area (Å²) in [6.07, 6.45) is 0.684. The summed E-state index contributed by atoms with van der Waals surface area (Å²) in [4.78, 5) is 24.1. The highest BCUT2D eigenvalue weighted by Gasteiger charge is 2.28. The van der Waals surface area contributed by atoms with Crippen LogP contribution in [0.1, 0.15) is 64.3 Å². The van der Waals surface area contributed by atoms with Gasteiger partial charge in [-0.15, -0.1) is 0 Å². The van der Waals surface area contributed by atoms with Crippen LogP contribution in [0.4, 0.5) is 0 Å². The predicted octanol–water partition coefficient (Wildman–Crippen LogP) is 4.18. The first-order valence-corrected chi connectivity index (χ1v) is 9.57. The van der Waals surface area contributed by atoms with E-state index in [2.05, 4.69) is 16.3 Å². The number of aldehydes is 1. The van der Waals surface area contributed by atoms with E-state index >= 15 is 0 Å². The molecule has 0 aliphatic carbocycles. The van der Waals surface area contributed by atoms with Crippen molar-refractivity contribution in [3.05, 3.63) is 64.2 Å². The number of hydrogen-bond acceptors (Lipinski definition) is 5. The summed E-state index contributed by atoms with van der Waals surface area (Å²) < 4.78 is 7.68. The topological polar surface area (TPSA) is 101 Å². The lowest BCUT2D eigenvalue weighted by Gasteiger charge is -2.20. The first-order valence-electron chi connectivity index (χ1n) is 9.57. The molecule has 3 rings (SSSR count). The van der Waals surface area contributed by atoms with Crippen molar-refractivity contribution >= 4 is 12.3 Å². The molecular formula is C23H24N4O3. The zero-order valence-electron chi connectivity index (χ0n) is 17.7. The van der Waals surface area contributed by atoms with Crippen LogP contribution in [0.5, 0.6) is 0 Å². The molecule has 0 amide bonds. The Kier molecular flexibility index (Phi) is 5.61. The van der Waals surface area contributed by atoms with Gasteiger partial charge in [0.05, 0.1) is 29.4 Å². The van der Waals surface area contributed by atoms with E-state index in [1.807, 2.05) is 51.3 Å². The quantitative estimate of drug-likeness (QED) is 0.508. The summed E-state index contributed by atoms with van der Waals surface area (Å²) in [5, 5.41) is 15.9. The summed E-state index contributed by atoms with van der Waals surface area (Å²) in [7, 11) is 0. The average Bonchev–Trinajstić information content (AvgIpc) is 3.24. The van der Waals surface area contributed by atoms with Crippen molar-refractivity contribution in [2.24, 2.45) is 0 Å². The number of benzene rings is 1. The van der Waals surface area contributed by atoms with E-state index < -0.39 is 11.6 Å². The second-order valence-corrected chi connectivity index (χ2v) is 8.13. The van der Waals surface area contributed by atoms with Crippen LogP contribution in [0, 0.1) is 25.2 Å². The van der Waals surface area contributed by atoms with Crippen LogP contribution >= 0.6 is 0 Å². The largest absolute Gasteiger partial charge is 0.456 e. The molecule has 1 aromatic carbocycles. The standard InChI is InChI=1S/C23H24N4O3/c1-14-20(17-8-6-16(11-24)7-9-17)21(22(29)30-23(3,4)5)15(2)27(14)12-18-10-19(13-28)26-25-18/h6-10,13H,12H2,1-5H3,(H,25,26). The number of aromatic amines is 1. The molecule has 154 valence electrons. The number of carbonyl (C=O) groups excluding carboxylic acids is 2. The molecule has 0 fully saturated rings. The van der Waals surface area contributed by atoms with Gasteiger partial charge in [0, 0.05) is 17.0 Å². The molecule has 0 bridgehead atoms. The number of carbonyl (C=O) groups is 2. The highest BCUT2D eigenvalue weighted by atomic mass is 16.6. The molecule has 0 saturated carbocycles. The third-order valence-corrected chi connectivity index (χ3v) is 4.79. The Morgan fingerprint density at radius 1 is 1.23 bits per heavy atom. The number of rotatable bonds is 5. The van der Waals surface area contributed by atoms with E-state index in [0.29, 0.717) is 29.7 Å². The first-order chi connectivity index (χ1) is 14.1. The van der Waals surface area contributed by atoms with Crippen LogP contribution in [0.25, 0.3) is 11.1 Å². The van der Waals surface area contributed by atoms with Crippen LogP contribution < -0.4 is 0 Å². The molecule has 0 unspecified atom stereocenters. The molecule has 1 N–H and O–H groups in total. The van der Waals surface area contributed by atoms with E-state index in [1.54, 1.807) is 18.2 Å². The van der Waals surface area contributed by atoms with Crippen molar-refractivity contribution in [2.75, 3.05) is 0 Å². The van der Waals surface area contributed by atoms with Gasteiger partial charge in [-0.25, -0.2) is 4.79 Å². The van der Waals surface area contributed by atoms with Crippen LogP contribution in [0.2, 0.25) is 0 Å². The molecule has 2 heterocycles. The molecule has 0 spiro atoms. The SMILES string of the molecule is Cc1c(C(=O)OC(C)(C)C)c(-c2ccc(C#N)cc2)c(C)n1Cc1cc(C=O)n[nH]1. The Hall–Kier alpha value is -3.66. The lowest BCUT2D eigenvalue weighted by atomic mass is 9.99. The first kappa shape index (κ1) is 21.1. The number of hydrogen-bond donors (Lipinski definition) is 1. The second-order valence-electron chi connectivity index (χ2n) is 8.13. The van der Waals surface area contributed by atoms with Crippen molar-refractivity contribution in [2.45, 2.75) is 46.8 Å². The third-order valence-electron chi connectivity index (χ3n) is 4.79. The Balaban J connectivity index is 2.15. The maximum atomic E-state index is 13.1. The van der Waals surface area contributed by atoms with Crippen molar-refractivity contribution in [1.82, 2.24) is 14.8 Å². The number of ether oxygens (including phenoxy) is 1. The number of nitrogens with zero attached hydrogens (tertiary/aromatic N) is 3. The fourth-order valence-electron chi connectivity index (χ4n) is 3.46. The fraction of sp³-hybridized carbons (Fsp3) is 0.304. The number of nitrogens with one attached hydrogen (secondary N) is 1. The molecule has 0 aliphatic rings. The van der Waals surface area contributed by atoms with Gasteiger partial charge in [0.2, 0.25) is 0 Å². The van der Waals surface area contributed by atoms with E-state index in [1.165, 1.54) is 0 Å². The molecule has 7 heteroatoms. The molecule has 30 heavy (non-hydrogen) atoms. The van der Waals surface area contributed by atoms with Gasteiger partial charge in [0.15, 0.2) is 6.29 Å². The summed E-state index contributed by atoms with van der Waals surface area (Å²) >= 11 is 0. The Labute approximate surface area is 175 Å². The minimum absolute atomic E-state index is 0.326. The lowest BCUT2D eigenvalue weighted by molar-refractivity contribution is 0.00694. The van der Waals surface area contributed by atoms with Crippen molar-refractivity contribution in [3.63, 3.8) is 0 Å². The lowest BCUT2D eigenvalue weighted by Crippen LogP contribution is -2.24. The van der Waals surface area contributed by atoms with Crippen molar-refractivity contribution < 1.29 is 14.3 Å². The Morgan fingerprint density at radius 3 is 2.43 bits per heavy atom. The fourth-order valence-corrected chi connectivity index (χ4v) is 3.46. The van der Waals surface area contributed by atoms with E-state index in [-0.39, 0.29) is 0 Å². The van der Waals surface area contributed by atoms with E-state index in [9.17, 15) is 9.59 Å². The predicted molar refractivity (Wildman–Crippen MR) is 112 cm³/mol. The monoisotopic (exact) mass is 404 g/mol. The van der Waals surface area contributed by atoms with Crippen molar-refractivity contribution in [3.8, 4) is 17.2 Å². The van der Waals surface area contributed by atoms with Crippen LogP contribution in [-0.2, 0) is 11.3 Å². The zero-order chi connectivity index (χ0) is 22.1. The summed E-state index contributed by atoms with van der Waals surface area (Å²) in [6, 6.07) is 10.9. The summed E-state index contributed by atoms with van der Waals surface area (Å²) in [6.45, 7) is 9.72. The van der Waals surface area contributed by atoms with Gasteiger partial charge in [-0.1, -0.05) is 12.1 Å². The number of nitriles is 1. The van der Waals surface area contributed by atoms with Crippen LogP contribution in [0.3, 0.4) is 0 Å². The highest BCUT2D eigenvalue weighted by Crippen LogP contribution is 2.34. The van der Waals surface area contributed by atoms with Gasteiger partial charge in [0.25, 0.3) is 0 Å². The van der Waals surface area contributed by atoms with Gasteiger partial charge in [0.1, 0.15) is 11.3 Å². The molecular weight excluding hydrogens is 380 g/mol. The van der Waals surface area contributed by atoms with Gasteiger partial charge < -0.3 is 9.30 Å². The average molecular weight is 404 g/mol. The van der Waals surface area contributed by atoms with E-state index in [4.69, 9.17) is 10.00 Å². The second kappa shape index (κ2) is 7.99. The van der Waals surface area contributed by atoms with Gasteiger partial charge in [-0.3, -0.25) is 9.89 Å². The highest BCUT2D eigenvalue weighted by molar-refractivity contribution is 6.00. The van der Waals surface area contributed by atoms with Crippen LogP contribution in [0.15, 0.2) is 30.3 Å². The molecule has 0 aliphatic heterocycles. The Morgan fingerprint density at radius 2 is 1.90 bits per heavy atom. The number of aromatic nitrogens is 3. The molecule has 0 radical (unpaired) electrons. The maximum absolute atomic E-state index is 13.1.